The zero-order valence-electron chi connectivity index (χ0n) is 13.7. The summed E-state index contributed by atoms with van der Waals surface area (Å²) in [6, 6.07) is 5.78. The minimum atomic E-state index is -0.218. The Hall–Kier alpha value is -2.15. The van der Waals surface area contributed by atoms with Crippen LogP contribution >= 0.6 is 11.8 Å². The minimum Gasteiger partial charge on any atom is -0.493 e. The molecule has 1 amide bonds. The topological polar surface area (TPSA) is 65.4 Å². The van der Waals surface area contributed by atoms with E-state index in [1.165, 1.54) is 0 Å². The highest BCUT2D eigenvalue weighted by Crippen LogP contribution is 2.37. The molecule has 0 saturated carbocycles. The number of fused-ring (bicyclic) bond motifs is 2. The highest BCUT2D eigenvalue weighted by Gasteiger charge is 2.30. The number of carbonyl (C=O) groups is 1. The van der Waals surface area contributed by atoms with Crippen molar-refractivity contribution in [2.45, 2.75) is 17.9 Å². The molecular weight excluding hydrogens is 326 g/mol. The van der Waals surface area contributed by atoms with Crippen LogP contribution < -0.4 is 14.8 Å². The van der Waals surface area contributed by atoms with Crippen molar-refractivity contribution in [1.29, 1.82) is 0 Å². The zero-order chi connectivity index (χ0) is 16.7. The number of amides is 1. The van der Waals surface area contributed by atoms with Crippen LogP contribution in [0.5, 0.6) is 11.5 Å². The van der Waals surface area contributed by atoms with Crippen LogP contribution in [0, 0.1) is 5.92 Å². The number of rotatable bonds is 3. The van der Waals surface area contributed by atoms with E-state index in [4.69, 9.17) is 9.47 Å². The predicted molar refractivity (Wildman–Crippen MR) is 92.5 cm³/mol. The largest absolute Gasteiger partial charge is 0.493 e. The number of anilines is 1. The van der Waals surface area contributed by atoms with Crippen LogP contribution in [0.3, 0.4) is 0 Å². The van der Waals surface area contributed by atoms with Gasteiger partial charge < -0.3 is 14.8 Å². The molecule has 0 radical (unpaired) electrons. The summed E-state index contributed by atoms with van der Waals surface area (Å²) in [7, 11) is 3.49. The molecule has 1 N–H and O–H groups in total. The lowest BCUT2D eigenvalue weighted by Gasteiger charge is -2.26. The van der Waals surface area contributed by atoms with Crippen LogP contribution in [-0.2, 0) is 29.8 Å². The second kappa shape index (κ2) is 6.05. The third-order valence-electron chi connectivity index (χ3n) is 4.50. The van der Waals surface area contributed by atoms with E-state index >= 15 is 0 Å². The highest BCUT2D eigenvalue weighted by molar-refractivity contribution is 7.98. The first kappa shape index (κ1) is 15.4. The molecule has 126 valence electrons. The van der Waals surface area contributed by atoms with Gasteiger partial charge in [0, 0.05) is 24.1 Å². The Balaban J connectivity index is 1.52. The molecule has 1 unspecified atom stereocenters. The number of thioether (sulfide) groups is 1. The molecule has 4 rings (SSSR count). The summed E-state index contributed by atoms with van der Waals surface area (Å²) in [5, 5.41) is 7.54. The number of benzene rings is 1. The average Bonchev–Trinajstić information content (AvgIpc) is 3.16. The average molecular weight is 345 g/mol. The van der Waals surface area contributed by atoms with Crippen LogP contribution in [0.2, 0.25) is 0 Å². The van der Waals surface area contributed by atoms with Gasteiger partial charge in [0.05, 0.1) is 18.7 Å². The Morgan fingerprint density at radius 3 is 3.17 bits per heavy atom. The molecule has 2 aliphatic heterocycles. The summed E-state index contributed by atoms with van der Waals surface area (Å²) in [5.41, 5.74) is 3.23. The van der Waals surface area contributed by atoms with Crippen molar-refractivity contribution in [3.05, 3.63) is 35.0 Å². The number of nitrogens with one attached hydrogen (secondary N) is 1. The number of hydrogen-bond acceptors (Lipinski definition) is 5. The summed E-state index contributed by atoms with van der Waals surface area (Å²) in [6.07, 6.45) is 0.646. The van der Waals surface area contributed by atoms with E-state index in [9.17, 15) is 4.79 Å². The van der Waals surface area contributed by atoms with Gasteiger partial charge in [0.2, 0.25) is 5.91 Å². The molecular formula is C17H19N3O3S. The molecule has 7 heteroatoms. The maximum atomic E-state index is 12.7. The van der Waals surface area contributed by atoms with E-state index < -0.39 is 0 Å². The van der Waals surface area contributed by atoms with E-state index in [0.717, 1.165) is 39.9 Å². The fraction of sp³-hybridized carbons (Fsp3) is 0.412. The third kappa shape index (κ3) is 2.53. The van der Waals surface area contributed by atoms with Crippen LogP contribution in [0.25, 0.3) is 0 Å². The number of ether oxygens (including phenoxy) is 2. The van der Waals surface area contributed by atoms with Crippen LogP contribution in [0.15, 0.2) is 18.2 Å². The van der Waals surface area contributed by atoms with Gasteiger partial charge in [-0.25, -0.2) is 0 Å². The van der Waals surface area contributed by atoms with Crippen molar-refractivity contribution in [3.8, 4) is 11.5 Å². The van der Waals surface area contributed by atoms with Crippen molar-refractivity contribution in [2.24, 2.45) is 13.0 Å². The SMILES string of the molecule is COc1cccc2c1OCC(C(=O)Nc1c3c(nn1C)CSC3)C2. The van der Waals surface area contributed by atoms with Crippen molar-refractivity contribution >= 4 is 23.5 Å². The first-order valence-electron chi connectivity index (χ1n) is 7.89. The van der Waals surface area contributed by atoms with E-state index in [-0.39, 0.29) is 11.8 Å². The molecule has 1 aromatic heterocycles. The van der Waals surface area contributed by atoms with Crippen molar-refractivity contribution in [2.75, 3.05) is 19.0 Å². The highest BCUT2D eigenvalue weighted by atomic mass is 32.2. The van der Waals surface area contributed by atoms with Gasteiger partial charge in [-0.1, -0.05) is 12.1 Å². The lowest BCUT2D eigenvalue weighted by molar-refractivity contribution is -0.121. The van der Waals surface area contributed by atoms with E-state index in [0.29, 0.717) is 18.8 Å². The Labute approximate surface area is 144 Å². The molecule has 2 aliphatic rings. The normalized spacial score (nSPS) is 18.5. The molecule has 2 aromatic rings. The zero-order valence-corrected chi connectivity index (χ0v) is 14.5. The smallest absolute Gasteiger partial charge is 0.232 e. The standard InChI is InChI=1S/C17H19N3O3S/c1-20-16(12-8-24-9-13(12)19-20)18-17(21)11-6-10-4-3-5-14(22-2)15(10)23-7-11/h3-5,11H,6-9H2,1-2H3,(H,18,21). The van der Waals surface area contributed by atoms with Gasteiger partial charge in [-0.15, -0.1) is 0 Å². The number of aryl methyl sites for hydroxylation is 1. The Morgan fingerprint density at radius 2 is 2.33 bits per heavy atom. The Kier molecular flexibility index (Phi) is 3.88. The quantitative estimate of drug-likeness (QED) is 0.925. The first-order valence-corrected chi connectivity index (χ1v) is 9.05. The number of carbonyl (C=O) groups excluding carboxylic acids is 1. The first-order chi connectivity index (χ1) is 11.7. The minimum absolute atomic E-state index is 0.0221. The lowest BCUT2D eigenvalue weighted by Crippen LogP contribution is -2.33. The maximum absolute atomic E-state index is 12.7. The Bertz CT molecular complexity index is 803. The number of aromatic nitrogens is 2. The fourth-order valence-electron chi connectivity index (χ4n) is 3.24. The van der Waals surface area contributed by atoms with Gasteiger partial charge in [-0.2, -0.15) is 16.9 Å². The van der Waals surface area contributed by atoms with Gasteiger partial charge in [-0.3, -0.25) is 9.48 Å². The molecule has 0 fully saturated rings. The molecule has 6 nitrogen and oxygen atoms in total. The molecule has 0 bridgehead atoms. The molecule has 3 heterocycles. The van der Waals surface area contributed by atoms with E-state index in [2.05, 4.69) is 10.4 Å². The molecule has 0 aliphatic carbocycles. The van der Waals surface area contributed by atoms with Crippen LogP contribution in [0.4, 0.5) is 5.82 Å². The molecule has 0 spiro atoms. The van der Waals surface area contributed by atoms with Crippen molar-refractivity contribution < 1.29 is 14.3 Å². The van der Waals surface area contributed by atoms with Gasteiger partial charge in [0.1, 0.15) is 12.4 Å². The monoisotopic (exact) mass is 345 g/mol. The second-order valence-electron chi connectivity index (χ2n) is 6.04. The molecule has 24 heavy (non-hydrogen) atoms. The summed E-state index contributed by atoms with van der Waals surface area (Å²) in [5.74, 6) is 3.86. The maximum Gasteiger partial charge on any atom is 0.232 e. The summed E-state index contributed by atoms with van der Waals surface area (Å²) in [4.78, 5) is 12.7. The third-order valence-corrected chi connectivity index (χ3v) is 5.47. The van der Waals surface area contributed by atoms with Crippen molar-refractivity contribution in [1.82, 2.24) is 9.78 Å². The van der Waals surface area contributed by atoms with Crippen LogP contribution in [0.1, 0.15) is 16.8 Å². The number of hydrogen-bond donors (Lipinski definition) is 1. The summed E-state index contributed by atoms with van der Waals surface area (Å²) < 4.78 is 12.9. The Morgan fingerprint density at radius 1 is 1.46 bits per heavy atom. The lowest BCUT2D eigenvalue weighted by atomic mass is 9.95. The molecule has 1 atom stereocenters. The summed E-state index contributed by atoms with van der Waals surface area (Å²) >= 11 is 1.82. The van der Waals surface area contributed by atoms with Gasteiger partial charge in [0.15, 0.2) is 11.5 Å². The molecule has 0 saturated heterocycles. The summed E-state index contributed by atoms with van der Waals surface area (Å²) in [6.45, 7) is 0.355. The van der Waals surface area contributed by atoms with E-state index in [1.807, 2.05) is 37.0 Å². The van der Waals surface area contributed by atoms with Gasteiger partial charge in [-0.05, 0) is 18.1 Å². The van der Waals surface area contributed by atoms with Gasteiger partial charge in [0.25, 0.3) is 0 Å². The van der Waals surface area contributed by atoms with Crippen molar-refractivity contribution in [3.63, 3.8) is 0 Å². The molecule has 1 aromatic carbocycles. The number of methoxy groups -OCH3 is 1. The number of para-hydroxylation sites is 1. The fourth-order valence-corrected chi connectivity index (χ4v) is 4.27. The van der Waals surface area contributed by atoms with E-state index in [1.54, 1.807) is 11.8 Å². The van der Waals surface area contributed by atoms with Crippen LogP contribution in [-0.4, -0.2) is 29.4 Å². The predicted octanol–water partition coefficient (Wildman–Crippen LogP) is 2.37. The number of nitrogens with zero attached hydrogens (tertiary/aromatic N) is 2. The second-order valence-corrected chi connectivity index (χ2v) is 7.03. The van der Waals surface area contributed by atoms with Gasteiger partial charge >= 0.3 is 0 Å².